The summed E-state index contributed by atoms with van der Waals surface area (Å²) in [6.45, 7) is 5.26. The van der Waals surface area contributed by atoms with Gasteiger partial charge >= 0.3 is 0 Å². The number of piperazine rings is 1. The molecule has 0 aromatic rings. The standard InChI is InChI=1S/C10H18N3O2/c1-12-3-2-11-9(8-12)10(14)13-4-6-15-7-5-13/h9H,2-8H2,1H3. The maximum Gasteiger partial charge on any atom is 0.242 e. The fourth-order valence-electron chi connectivity index (χ4n) is 1.98. The summed E-state index contributed by atoms with van der Waals surface area (Å²) in [5, 5.41) is 4.38. The quantitative estimate of drug-likeness (QED) is 0.546. The zero-order chi connectivity index (χ0) is 10.7. The molecule has 2 rings (SSSR count). The molecular formula is C10H18N3O2. The third kappa shape index (κ3) is 2.68. The van der Waals surface area contributed by atoms with E-state index in [-0.39, 0.29) is 11.9 Å². The van der Waals surface area contributed by atoms with Crippen LogP contribution in [0.25, 0.3) is 0 Å². The highest BCUT2D eigenvalue weighted by Gasteiger charge is 2.29. The smallest absolute Gasteiger partial charge is 0.242 e. The Hall–Kier alpha value is -0.650. The molecule has 2 aliphatic rings. The predicted molar refractivity (Wildman–Crippen MR) is 55.7 cm³/mol. The normalized spacial score (nSPS) is 29.1. The van der Waals surface area contributed by atoms with Crippen LogP contribution >= 0.6 is 0 Å². The van der Waals surface area contributed by atoms with Gasteiger partial charge in [-0.05, 0) is 7.05 Å². The monoisotopic (exact) mass is 212 g/mol. The topological polar surface area (TPSA) is 46.9 Å². The Balaban J connectivity index is 1.88. The number of hydrogen-bond acceptors (Lipinski definition) is 3. The Bertz CT molecular complexity index is 229. The molecule has 15 heavy (non-hydrogen) atoms. The van der Waals surface area contributed by atoms with Gasteiger partial charge in [0, 0.05) is 32.7 Å². The van der Waals surface area contributed by atoms with Crippen LogP contribution in [0, 0.1) is 0 Å². The summed E-state index contributed by atoms with van der Waals surface area (Å²) in [6.07, 6.45) is 0. The van der Waals surface area contributed by atoms with E-state index in [0.29, 0.717) is 26.3 Å². The van der Waals surface area contributed by atoms with Crippen LogP contribution < -0.4 is 5.32 Å². The maximum absolute atomic E-state index is 12.0. The molecule has 2 saturated heterocycles. The first-order chi connectivity index (χ1) is 7.27. The van der Waals surface area contributed by atoms with Gasteiger partial charge in [-0.25, -0.2) is 5.32 Å². The van der Waals surface area contributed by atoms with Crippen molar-refractivity contribution in [3.05, 3.63) is 0 Å². The molecular weight excluding hydrogens is 194 g/mol. The van der Waals surface area contributed by atoms with Gasteiger partial charge in [-0.1, -0.05) is 0 Å². The number of carbonyl (C=O) groups is 1. The average Bonchev–Trinajstić information content (AvgIpc) is 2.29. The van der Waals surface area contributed by atoms with Crippen molar-refractivity contribution in [3.8, 4) is 0 Å². The van der Waals surface area contributed by atoms with Crippen LogP contribution in [0.3, 0.4) is 0 Å². The fraction of sp³-hybridized carbons (Fsp3) is 0.900. The van der Waals surface area contributed by atoms with Crippen LogP contribution in [0.1, 0.15) is 0 Å². The van der Waals surface area contributed by atoms with Crippen LogP contribution in [0.4, 0.5) is 0 Å². The van der Waals surface area contributed by atoms with E-state index in [0.717, 1.165) is 19.6 Å². The Morgan fingerprint density at radius 2 is 2.07 bits per heavy atom. The van der Waals surface area contributed by atoms with Gasteiger partial charge in [-0.2, -0.15) is 0 Å². The first kappa shape index (κ1) is 10.9. The maximum atomic E-state index is 12.0. The summed E-state index contributed by atoms with van der Waals surface area (Å²) in [6, 6.07) is -0.151. The van der Waals surface area contributed by atoms with Crippen molar-refractivity contribution in [1.82, 2.24) is 15.1 Å². The number of ether oxygens (including phenoxy) is 1. The summed E-state index contributed by atoms with van der Waals surface area (Å²) in [4.78, 5) is 16.1. The molecule has 0 aromatic carbocycles. The van der Waals surface area contributed by atoms with E-state index in [1.165, 1.54) is 0 Å². The van der Waals surface area contributed by atoms with Crippen LogP contribution in [0.15, 0.2) is 0 Å². The molecule has 85 valence electrons. The lowest BCUT2D eigenvalue weighted by atomic mass is 10.2. The van der Waals surface area contributed by atoms with Gasteiger partial charge in [0.25, 0.3) is 0 Å². The summed E-state index contributed by atoms with van der Waals surface area (Å²) in [5.74, 6) is 0.171. The van der Waals surface area contributed by atoms with Gasteiger partial charge < -0.3 is 14.5 Å². The largest absolute Gasteiger partial charge is 0.378 e. The molecule has 0 bridgehead atoms. The van der Waals surface area contributed by atoms with E-state index in [9.17, 15) is 4.79 Å². The van der Waals surface area contributed by atoms with Gasteiger partial charge in [0.1, 0.15) is 6.04 Å². The van der Waals surface area contributed by atoms with Crippen LogP contribution in [-0.4, -0.2) is 74.7 Å². The van der Waals surface area contributed by atoms with Crippen molar-refractivity contribution in [2.24, 2.45) is 0 Å². The Morgan fingerprint density at radius 1 is 1.33 bits per heavy atom. The summed E-state index contributed by atoms with van der Waals surface area (Å²) < 4.78 is 5.22. The van der Waals surface area contributed by atoms with E-state index in [1.54, 1.807) is 0 Å². The zero-order valence-electron chi connectivity index (χ0n) is 9.19. The van der Waals surface area contributed by atoms with Crippen molar-refractivity contribution >= 4 is 5.91 Å². The lowest BCUT2D eigenvalue weighted by Crippen LogP contribution is -2.55. The molecule has 5 heteroatoms. The molecule has 5 nitrogen and oxygen atoms in total. The first-order valence-electron chi connectivity index (χ1n) is 5.49. The summed E-state index contributed by atoms with van der Waals surface area (Å²) >= 11 is 0. The zero-order valence-corrected chi connectivity index (χ0v) is 9.19. The molecule has 2 aliphatic heterocycles. The second-order valence-corrected chi connectivity index (χ2v) is 4.12. The van der Waals surface area contributed by atoms with Crippen molar-refractivity contribution < 1.29 is 9.53 Å². The highest BCUT2D eigenvalue weighted by molar-refractivity contribution is 5.82. The van der Waals surface area contributed by atoms with E-state index >= 15 is 0 Å². The van der Waals surface area contributed by atoms with Gasteiger partial charge in [-0.15, -0.1) is 0 Å². The Kier molecular flexibility index (Phi) is 3.56. The van der Waals surface area contributed by atoms with Gasteiger partial charge in [0.05, 0.1) is 13.2 Å². The Morgan fingerprint density at radius 3 is 2.73 bits per heavy atom. The summed E-state index contributed by atoms with van der Waals surface area (Å²) in [5.41, 5.74) is 0. The first-order valence-corrected chi connectivity index (χ1v) is 5.49. The molecule has 0 aromatic heterocycles. The number of amides is 1. The lowest BCUT2D eigenvalue weighted by Gasteiger charge is -2.34. The Labute approximate surface area is 90.4 Å². The van der Waals surface area contributed by atoms with Crippen molar-refractivity contribution in [3.63, 3.8) is 0 Å². The molecule has 0 aliphatic carbocycles. The van der Waals surface area contributed by atoms with Crippen LogP contribution in [-0.2, 0) is 9.53 Å². The van der Waals surface area contributed by atoms with Crippen LogP contribution in [0.2, 0.25) is 0 Å². The predicted octanol–water partition coefficient (Wildman–Crippen LogP) is -1.24. The molecule has 1 amide bonds. The molecule has 0 N–H and O–H groups in total. The third-order valence-electron chi connectivity index (χ3n) is 2.92. The molecule has 0 spiro atoms. The van der Waals surface area contributed by atoms with Gasteiger partial charge in [0.2, 0.25) is 5.91 Å². The molecule has 1 atom stereocenters. The lowest BCUT2D eigenvalue weighted by molar-refractivity contribution is -0.138. The van der Waals surface area contributed by atoms with Gasteiger partial charge in [-0.3, -0.25) is 4.79 Å². The molecule has 0 saturated carbocycles. The molecule has 2 heterocycles. The number of likely N-dealkylation sites (N-methyl/N-ethyl adjacent to an activating group) is 1. The second kappa shape index (κ2) is 4.92. The summed E-state index contributed by atoms with van der Waals surface area (Å²) in [7, 11) is 2.04. The van der Waals surface area contributed by atoms with E-state index < -0.39 is 0 Å². The molecule has 2 fully saturated rings. The van der Waals surface area contributed by atoms with Crippen molar-refractivity contribution in [1.29, 1.82) is 0 Å². The molecule has 1 radical (unpaired) electrons. The molecule has 1 unspecified atom stereocenters. The van der Waals surface area contributed by atoms with Crippen molar-refractivity contribution in [2.75, 3.05) is 53.0 Å². The van der Waals surface area contributed by atoms with E-state index in [1.807, 2.05) is 11.9 Å². The second-order valence-electron chi connectivity index (χ2n) is 4.12. The number of morpholine rings is 1. The van der Waals surface area contributed by atoms with Crippen molar-refractivity contribution in [2.45, 2.75) is 6.04 Å². The number of hydrogen-bond donors (Lipinski definition) is 0. The highest BCUT2D eigenvalue weighted by Crippen LogP contribution is 2.05. The van der Waals surface area contributed by atoms with E-state index in [2.05, 4.69) is 10.2 Å². The highest BCUT2D eigenvalue weighted by atomic mass is 16.5. The SMILES string of the molecule is CN1CC[N]C(C(=O)N2CCOCC2)C1. The number of nitrogens with zero attached hydrogens (tertiary/aromatic N) is 3. The van der Waals surface area contributed by atoms with E-state index in [4.69, 9.17) is 4.74 Å². The minimum absolute atomic E-state index is 0.151. The minimum atomic E-state index is -0.151. The third-order valence-corrected chi connectivity index (χ3v) is 2.92. The van der Waals surface area contributed by atoms with Gasteiger partial charge in [0.15, 0.2) is 0 Å². The number of carbonyl (C=O) groups excluding carboxylic acids is 1. The van der Waals surface area contributed by atoms with Crippen LogP contribution in [0.5, 0.6) is 0 Å². The minimum Gasteiger partial charge on any atom is -0.378 e. The fourth-order valence-corrected chi connectivity index (χ4v) is 1.98. The number of rotatable bonds is 1. The average molecular weight is 212 g/mol.